The van der Waals surface area contributed by atoms with Gasteiger partial charge in [0.05, 0.1) is 17.6 Å². The van der Waals surface area contributed by atoms with Crippen molar-refractivity contribution >= 4 is 34.6 Å². The SMILES string of the molecule is N#Cc1cnc2c(NC3CC3)cc(Nc3ccc(F)c(NC(=O)O)c3)nn12. The number of hydrogen-bond donors (Lipinski definition) is 4. The summed E-state index contributed by atoms with van der Waals surface area (Å²) in [6.07, 6.45) is 2.20. The number of rotatable bonds is 5. The number of benzene rings is 1. The van der Waals surface area contributed by atoms with E-state index in [-0.39, 0.29) is 11.4 Å². The fraction of sp³-hybridized carbons (Fsp3) is 0.176. The fourth-order valence-electron chi connectivity index (χ4n) is 2.62. The average molecular weight is 367 g/mol. The van der Waals surface area contributed by atoms with Gasteiger partial charge < -0.3 is 15.7 Å². The van der Waals surface area contributed by atoms with E-state index in [4.69, 9.17) is 5.11 Å². The summed E-state index contributed by atoms with van der Waals surface area (Å²) < 4.78 is 15.1. The van der Waals surface area contributed by atoms with E-state index in [1.807, 2.05) is 11.4 Å². The van der Waals surface area contributed by atoms with Crippen molar-refractivity contribution in [3.05, 3.63) is 42.0 Å². The first-order chi connectivity index (χ1) is 13.0. The summed E-state index contributed by atoms with van der Waals surface area (Å²) in [6.45, 7) is 0. The highest BCUT2D eigenvalue weighted by Gasteiger charge is 2.23. The molecule has 0 radical (unpaired) electrons. The van der Waals surface area contributed by atoms with Gasteiger partial charge in [-0.1, -0.05) is 0 Å². The quantitative estimate of drug-likeness (QED) is 0.545. The molecule has 0 bridgehead atoms. The Bertz CT molecular complexity index is 1080. The fourth-order valence-corrected chi connectivity index (χ4v) is 2.62. The maximum absolute atomic E-state index is 13.7. The number of imidazole rings is 1. The second-order valence-corrected chi connectivity index (χ2v) is 6.10. The highest BCUT2D eigenvalue weighted by molar-refractivity contribution is 5.84. The molecule has 1 aliphatic carbocycles. The van der Waals surface area contributed by atoms with Crippen molar-refractivity contribution in [1.29, 1.82) is 5.26 Å². The number of anilines is 4. The molecule has 27 heavy (non-hydrogen) atoms. The van der Waals surface area contributed by atoms with Gasteiger partial charge in [-0.15, -0.1) is 5.10 Å². The monoisotopic (exact) mass is 367 g/mol. The summed E-state index contributed by atoms with van der Waals surface area (Å²) in [5.41, 5.74) is 1.80. The van der Waals surface area contributed by atoms with E-state index in [0.717, 1.165) is 24.6 Å². The second kappa shape index (κ2) is 6.45. The minimum Gasteiger partial charge on any atom is -0.465 e. The van der Waals surface area contributed by atoms with E-state index < -0.39 is 11.9 Å². The lowest BCUT2D eigenvalue weighted by Gasteiger charge is -2.12. The molecular weight excluding hydrogens is 353 g/mol. The summed E-state index contributed by atoms with van der Waals surface area (Å²) in [7, 11) is 0. The largest absolute Gasteiger partial charge is 0.465 e. The van der Waals surface area contributed by atoms with Crippen LogP contribution >= 0.6 is 0 Å². The van der Waals surface area contributed by atoms with Crippen molar-refractivity contribution < 1.29 is 14.3 Å². The van der Waals surface area contributed by atoms with Crippen LogP contribution in [0, 0.1) is 17.1 Å². The molecule has 0 aliphatic heterocycles. The zero-order chi connectivity index (χ0) is 19.0. The van der Waals surface area contributed by atoms with E-state index in [0.29, 0.717) is 23.2 Å². The van der Waals surface area contributed by atoms with Crippen LogP contribution in [-0.2, 0) is 0 Å². The van der Waals surface area contributed by atoms with E-state index in [1.54, 1.807) is 6.07 Å². The number of aromatic nitrogens is 3. The van der Waals surface area contributed by atoms with E-state index in [2.05, 4.69) is 20.7 Å². The van der Waals surface area contributed by atoms with E-state index >= 15 is 0 Å². The maximum atomic E-state index is 13.7. The Morgan fingerprint density at radius 1 is 1.33 bits per heavy atom. The van der Waals surface area contributed by atoms with Crippen LogP contribution in [0.5, 0.6) is 0 Å². The smallest absolute Gasteiger partial charge is 0.409 e. The Balaban J connectivity index is 1.71. The Hall–Kier alpha value is -3.87. The van der Waals surface area contributed by atoms with Crippen LogP contribution in [0.3, 0.4) is 0 Å². The molecule has 0 atom stereocenters. The van der Waals surface area contributed by atoms with Gasteiger partial charge in [0.1, 0.15) is 11.9 Å². The molecule has 2 aromatic heterocycles. The number of nitriles is 1. The topological polar surface area (TPSA) is 127 Å². The lowest BCUT2D eigenvalue weighted by Crippen LogP contribution is -2.10. The van der Waals surface area contributed by atoms with Crippen LogP contribution in [0.15, 0.2) is 30.5 Å². The number of halogens is 1. The number of fused-ring (bicyclic) bond motifs is 1. The van der Waals surface area contributed by atoms with Crippen molar-refractivity contribution in [3.63, 3.8) is 0 Å². The van der Waals surface area contributed by atoms with Crippen LogP contribution in [0.4, 0.5) is 32.1 Å². The molecule has 4 rings (SSSR count). The number of carbonyl (C=O) groups is 1. The molecule has 4 N–H and O–H groups in total. The van der Waals surface area contributed by atoms with E-state index in [9.17, 15) is 14.4 Å². The van der Waals surface area contributed by atoms with Gasteiger partial charge in [-0.05, 0) is 31.0 Å². The van der Waals surface area contributed by atoms with Gasteiger partial charge in [-0.2, -0.15) is 9.78 Å². The third kappa shape index (κ3) is 3.43. The minimum atomic E-state index is -1.36. The molecular formula is C17H14FN7O2. The molecule has 0 saturated heterocycles. The average Bonchev–Trinajstić information content (AvgIpc) is 3.34. The normalized spacial score (nSPS) is 13.2. The van der Waals surface area contributed by atoms with Gasteiger partial charge in [0.25, 0.3) is 0 Å². The van der Waals surface area contributed by atoms with Gasteiger partial charge in [0.2, 0.25) is 0 Å². The lowest BCUT2D eigenvalue weighted by atomic mass is 10.2. The van der Waals surface area contributed by atoms with Crippen molar-refractivity contribution in [1.82, 2.24) is 14.6 Å². The van der Waals surface area contributed by atoms with Gasteiger partial charge in [-0.25, -0.2) is 14.2 Å². The van der Waals surface area contributed by atoms with Gasteiger partial charge in [-0.3, -0.25) is 5.32 Å². The Kier molecular flexibility index (Phi) is 3.97. The summed E-state index contributed by atoms with van der Waals surface area (Å²) in [5.74, 6) is -0.295. The number of amides is 1. The predicted octanol–water partition coefficient (Wildman–Crippen LogP) is 3.15. The highest BCUT2D eigenvalue weighted by Crippen LogP contribution is 2.30. The Morgan fingerprint density at radius 2 is 2.15 bits per heavy atom. The summed E-state index contributed by atoms with van der Waals surface area (Å²) in [5, 5.41) is 30.7. The number of nitrogens with one attached hydrogen (secondary N) is 3. The van der Waals surface area contributed by atoms with Crippen LogP contribution in [0.2, 0.25) is 0 Å². The molecule has 2 heterocycles. The molecule has 1 saturated carbocycles. The Morgan fingerprint density at radius 3 is 2.85 bits per heavy atom. The van der Waals surface area contributed by atoms with Crippen LogP contribution < -0.4 is 16.0 Å². The first-order valence-corrected chi connectivity index (χ1v) is 8.15. The van der Waals surface area contributed by atoms with Crippen molar-refractivity contribution in [2.45, 2.75) is 18.9 Å². The van der Waals surface area contributed by atoms with Crippen LogP contribution in [-0.4, -0.2) is 31.8 Å². The lowest BCUT2D eigenvalue weighted by molar-refractivity contribution is 0.209. The zero-order valence-electron chi connectivity index (χ0n) is 13.9. The molecule has 1 fully saturated rings. The van der Waals surface area contributed by atoms with Crippen molar-refractivity contribution in [2.75, 3.05) is 16.0 Å². The standard InChI is InChI=1S/C17H14FN7O2/c18-12-4-3-10(5-13(12)23-17(26)27)22-15-6-14(21-9-1-2-9)16-20-8-11(7-19)25(16)24-15/h3-6,8-9,21,23H,1-2H2,(H,22,24)(H,26,27). The minimum absolute atomic E-state index is 0.176. The molecule has 1 aromatic carbocycles. The summed E-state index contributed by atoms with van der Waals surface area (Å²) in [6, 6.07) is 8.07. The second-order valence-electron chi connectivity index (χ2n) is 6.10. The third-order valence-electron chi connectivity index (χ3n) is 4.00. The van der Waals surface area contributed by atoms with Gasteiger partial charge >= 0.3 is 6.09 Å². The molecule has 1 amide bonds. The van der Waals surface area contributed by atoms with Gasteiger partial charge in [0, 0.05) is 17.8 Å². The summed E-state index contributed by atoms with van der Waals surface area (Å²) in [4.78, 5) is 15.0. The number of carboxylic acid groups (broad SMARTS) is 1. The predicted molar refractivity (Wildman–Crippen MR) is 95.7 cm³/mol. The molecule has 1 aliphatic rings. The zero-order valence-corrected chi connectivity index (χ0v) is 13.9. The third-order valence-corrected chi connectivity index (χ3v) is 4.00. The first kappa shape index (κ1) is 16.6. The summed E-state index contributed by atoms with van der Waals surface area (Å²) >= 11 is 0. The molecule has 9 nitrogen and oxygen atoms in total. The van der Waals surface area contributed by atoms with Gasteiger partial charge in [0.15, 0.2) is 17.2 Å². The van der Waals surface area contributed by atoms with Crippen molar-refractivity contribution in [2.24, 2.45) is 0 Å². The number of hydrogen-bond acceptors (Lipinski definition) is 6. The molecule has 10 heteroatoms. The maximum Gasteiger partial charge on any atom is 0.409 e. The first-order valence-electron chi connectivity index (χ1n) is 8.15. The van der Waals surface area contributed by atoms with E-state index in [1.165, 1.54) is 22.8 Å². The molecule has 0 spiro atoms. The molecule has 136 valence electrons. The van der Waals surface area contributed by atoms with Crippen LogP contribution in [0.25, 0.3) is 5.65 Å². The van der Waals surface area contributed by atoms with Crippen molar-refractivity contribution in [3.8, 4) is 6.07 Å². The number of nitrogens with zero attached hydrogens (tertiary/aromatic N) is 4. The molecule has 3 aromatic rings. The van der Waals surface area contributed by atoms with Crippen LogP contribution in [0.1, 0.15) is 18.5 Å². The highest BCUT2D eigenvalue weighted by atomic mass is 19.1. The molecule has 0 unspecified atom stereocenters. The Labute approximate surface area is 152 Å².